The van der Waals surface area contributed by atoms with Gasteiger partial charge in [-0.3, -0.25) is 0 Å². The van der Waals surface area contributed by atoms with Crippen LogP contribution in [0.3, 0.4) is 0 Å². The second kappa shape index (κ2) is 5.19. The van der Waals surface area contributed by atoms with Crippen LogP contribution in [-0.2, 0) is 0 Å². The number of aromatic carboxylic acids is 1. The Hall–Kier alpha value is -1.55. The van der Waals surface area contributed by atoms with Gasteiger partial charge >= 0.3 is 5.97 Å². The van der Waals surface area contributed by atoms with Gasteiger partial charge in [-0.1, -0.05) is 0 Å². The standard InChI is InChI=1S/C13H18N2O2/c1-15-8-2-3-12(9-15)14-11-6-4-10(5-7-11)13(16)17/h4-7,12,14H,2-3,8-9H2,1H3,(H,16,17). The number of carbonyl (C=O) groups is 1. The average molecular weight is 234 g/mol. The van der Waals surface area contributed by atoms with Crippen molar-refractivity contribution >= 4 is 11.7 Å². The fraction of sp³-hybridized carbons (Fsp3) is 0.462. The fourth-order valence-electron chi connectivity index (χ4n) is 2.23. The Morgan fingerprint density at radius 3 is 2.71 bits per heavy atom. The second-order valence-corrected chi connectivity index (χ2v) is 4.63. The van der Waals surface area contributed by atoms with E-state index in [0.29, 0.717) is 11.6 Å². The highest BCUT2D eigenvalue weighted by atomic mass is 16.4. The summed E-state index contributed by atoms with van der Waals surface area (Å²) in [6.07, 6.45) is 2.38. The maximum Gasteiger partial charge on any atom is 0.335 e. The summed E-state index contributed by atoms with van der Waals surface area (Å²) in [6.45, 7) is 2.21. The number of nitrogens with one attached hydrogen (secondary N) is 1. The predicted octanol–water partition coefficient (Wildman–Crippen LogP) is 1.89. The van der Waals surface area contributed by atoms with Crippen molar-refractivity contribution in [3.63, 3.8) is 0 Å². The summed E-state index contributed by atoms with van der Waals surface area (Å²) in [5.74, 6) is -0.881. The van der Waals surface area contributed by atoms with Crippen molar-refractivity contribution in [3.8, 4) is 0 Å². The first-order valence-corrected chi connectivity index (χ1v) is 5.93. The molecule has 0 spiro atoms. The first-order valence-electron chi connectivity index (χ1n) is 5.93. The van der Waals surface area contributed by atoms with Crippen molar-refractivity contribution in [3.05, 3.63) is 29.8 Å². The van der Waals surface area contributed by atoms with Crippen LogP contribution in [0.2, 0.25) is 0 Å². The molecule has 2 rings (SSSR count). The van der Waals surface area contributed by atoms with E-state index >= 15 is 0 Å². The minimum atomic E-state index is -0.881. The summed E-state index contributed by atoms with van der Waals surface area (Å²) in [4.78, 5) is 13.0. The van der Waals surface area contributed by atoms with Gasteiger partial charge in [0.25, 0.3) is 0 Å². The van der Waals surface area contributed by atoms with Gasteiger partial charge in [-0.2, -0.15) is 0 Å². The lowest BCUT2D eigenvalue weighted by Crippen LogP contribution is -2.39. The van der Waals surface area contributed by atoms with Crippen molar-refractivity contribution in [1.82, 2.24) is 4.90 Å². The number of piperidine rings is 1. The number of hydrogen-bond acceptors (Lipinski definition) is 3. The predicted molar refractivity (Wildman–Crippen MR) is 67.5 cm³/mol. The Labute approximate surface area is 101 Å². The van der Waals surface area contributed by atoms with E-state index < -0.39 is 5.97 Å². The van der Waals surface area contributed by atoms with E-state index in [0.717, 1.165) is 18.8 Å². The maximum atomic E-state index is 10.7. The molecule has 0 bridgehead atoms. The van der Waals surface area contributed by atoms with E-state index in [9.17, 15) is 4.79 Å². The number of benzene rings is 1. The molecular formula is C13H18N2O2. The average Bonchev–Trinajstić information content (AvgIpc) is 2.29. The zero-order valence-electron chi connectivity index (χ0n) is 10.0. The van der Waals surface area contributed by atoms with E-state index in [2.05, 4.69) is 17.3 Å². The number of likely N-dealkylation sites (N-methyl/N-ethyl adjacent to an activating group) is 1. The highest BCUT2D eigenvalue weighted by Crippen LogP contribution is 2.16. The summed E-state index contributed by atoms with van der Waals surface area (Å²) in [5, 5.41) is 12.2. The summed E-state index contributed by atoms with van der Waals surface area (Å²) in [6, 6.07) is 7.40. The van der Waals surface area contributed by atoms with Crippen molar-refractivity contribution in [2.75, 3.05) is 25.5 Å². The van der Waals surface area contributed by atoms with Gasteiger partial charge in [0, 0.05) is 18.3 Å². The van der Waals surface area contributed by atoms with Crippen LogP contribution in [0, 0.1) is 0 Å². The van der Waals surface area contributed by atoms with Crippen molar-refractivity contribution in [2.24, 2.45) is 0 Å². The van der Waals surface area contributed by atoms with E-state index in [1.165, 1.54) is 12.8 Å². The lowest BCUT2D eigenvalue weighted by Gasteiger charge is -2.30. The van der Waals surface area contributed by atoms with Crippen molar-refractivity contribution in [1.29, 1.82) is 0 Å². The molecule has 1 aliphatic rings. The number of nitrogens with zero attached hydrogens (tertiary/aromatic N) is 1. The van der Waals surface area contributed by atoms with E-state index in [4.69, 9.17) is 5.11 Å². The molecule has 0 radical (unpaired) electrons. The number of carboxylic acid groups (broad SMARTS) is 1. The van der Waals surface area contributed by atoms with Crippen molar-refractivity contribution in [2.45, 2.75) is 18.9 Å². The zero-order valence-corrected chi connectivity index (χ0v) is 10.0. The third-order valence-electron chi connectivity index (χ3n) is 3.13. The molecule has 1 atom stereocenters. The third kappa shape index (κ3) is 3.20. The Bertz CT molecular complexity index is 389. The summed E-state index contributed by atoms with van der Waals surface area (Å²) in [7, 11) is 2.13. The smallest absolute Gasteiger partial charge is 0.335 e. The minimum Gasteiger partial charge on any atom is -0.478 e. The molecule has 1 aromatic rings. The molecule has 2 N–H and O–H groups in total. The fourth-order valence-corrected chi connectivity index (χ4v) is 2.23. The van der Waals surface area contributed by atoms with Crippen LogP contribution in [-0.4, -0.2) is 42.2 Å². The highest BCUT2D eigenvalue weighted by Gasteiger charge is 2.16. The van der Waals surface area contributed by atoms with Gasteiger partial charge in [0.05, 0.1) is 5.56 Å². The molecule has 0 aromatic heterocycles. The molecule has 92 valence electrons. The van der Waals surface area contributed by atoms with Gasteiger partial charge in [0.15, 0.2) is 0 Å². The van der Waals surface area contributed by atoms with Crippen LogP contribution in [0.25, 0.3) is 0 Å². The second-order valence-electron chi connectivity index (χ2n) is 4.63. The molecule has 1 fully saturated rings. The van der Waals surface area contributed by atoms with Gasteiger partial charge in [0.1, 0.15) is 0 Å². The minimum absolute atomic E-state index is 0.330. The Kier molecular flexibility index (Phi) is 3.64. The van der Waals surface area contributed by atoms with Crippen molar-refractivity contribution < 1.29 is 9.90 Å². The van der Waals surface area contributed by atoms with Gasteiger partial charge in [-0.05, 0) is 50.7 Å². The summed E-state index contributed by atoms with van der Waals surface area (Å²) >= 11 is 0. The van der Waals surface area contributed by atoms with Gasteiger partial charge in [-0.15, -0.1) is 0 Å². The summed E-state index contributed by atoms with van der Waals surface area (Å²) < 4.78 is 0. The first kappa shape index (κ1) is 11.9. The van der Waals surface area contributed by atoms with Gasteiger partial charge in [-0.25, -0.2) is 4.79 Å². The Balaban J connectivity index is 1.96. The van der Waals surface area contributed by atoms with Crippen LogP contribution in [0.1, 0.15) is 23.2 Å². The van der Waals surface area contributed by atoms with E-state index in [1.54, 1.807) is 12.1 Å². The molecule has 17 heavy (non-hydrogen) atoms. The highest BCUT2D eigenvalue weighted by molar-refractivity contribution is 5.87. The van der Waals surface area contributed by atoms with E-state index in [1.807, 2.05) is 12.1 Å². The van der Waals surface area contributed by atoms with E-state index in [-0.39, 0.29) is 0 Å². The van der Waals surface area contributed by atoms with Crippen LogP contribution >= 0.6 is 0 Å². The SMILES string of the molecule is CN1CCCC(Nc2ccc(C(=O)O)cc2)C1. The molecule has 1 aromatic carbocycles. The maximum absolute atomic E-state index is 10.7. The monoisotopic (exact) mass is 234 g/mol. The van der Waals surface area contributed by atoms with Gasteiger partial charge in [0.2, 0.25) is 0 Å². The van der Waals surface area contributed by atoms with Crippen LogP contribution < -0.4 is 5.32 Å². The van der Waals surface area contributed by atoms with Crippen LogP contribution in [0.4, 0.5) is 5.69 Å². The Morgan fingerprint density at radius 1 is 1.41 bits per heavy atom. The number of anilines is 1. The molecule has 0 saturated carbocycles. The molecular weight excluding hydrogens is 216 g/mol. The number of likely N-dealkylation sites (tertiary alicyclic amines) is 1. The normalized spacial score (nSPS) is 21.1. The van der Waals surface area contributed by atoms with Crippen LogP contribution in [0.15, 0.2) is 24.3 Å². The quantitative estimate of drug-likeness (QED) is 0.838. The molecule has 1 heterocycles. The molecule has 4 heteroatoms. The molecule has 4 nitrogen and oxygen atoms in total. The molecule has 1 unspecified atom stereocenters. The molecule has 1 saturated heterocycles. The Morgan fingerprint density at radius 2 is 2.12 bits per heavy atom. The molecule has 1 aliphatic heterocycles. The molecule has 0 amide bonds. The number of carboxylic acids is 1. The molecule has 0 aliphatic carbocycles. The zero-order chi connectivity index (χ0) is 12.3. The van der Waals surface area contributed by atoms with Crippen LogP contribution in [0.5, 0.6) is 0 Å². The lowest BCUT2D eigenvalue weighted by atomic mass is 10.1. The largest absolute Gasteiger partial charge is 0.478 e. The summed E-state index contributed by atoms with van der Waals surface area (Å²) in [5.41, 5.74) is 1.33. The van der Waals surface area contributed by atoms with Gasteiger partial charge < -0.3 is 15.3 Å². The number of hydrogen-bond donors (Lipinski definition) is 2. The third-order valence-corrected chi connectivity index (χ3v) is 3.13. The lowest BCUT2D eigenvalue weighted by molar-refractivity contribution is 0.0697. The topological polar surface area (TPSA) is 52.6 Å². The first-order chi connectivity index (χ1) is 8.15. The number of rotatable bonds is 3.